The molecule has 0 fully saturated rings. The monoisotopic (exact) mass is 444 g/mol. The largest absolute Gasteiger partial charge is 0.313 e. The molecule has 31 heavy (non-hydrogen) atoms. The average molecular weight is 444 g/mol. The molecule has 2 nitrogen and oxygen atoms in total. The lowest BCUT2D eigenvalue weighted by Gasteiger charge is -2.35. The summed E-state index contributed by atoms with van der Waals surface area (Å²) in [6.07, 6.45) is 0.530. The van der Waals surface area contributed by atoms with Crippen LogP contribution in [0.1, 0.15) is 13.3 Å². The molecule has 0 bridgehead atoms. The number of hydrogen-bond acceptors (Lipinski definition) is 2. The summed E-state index contributed by atoms with van der Waals surface area (Å²) in [5, 5.41) is 2.45. The van der Waals surface area contributed by atoms with E-state index in [0.29, 0.717) is 6.42 Å². The zero-order valence-electron chi connectivity index (χ0n) is 17.5. The molecule has 4 rings (SSSR count). The van der Waals surface area contributed by atoms with Gasteiger partial charge in [0, 0.05) is 21.2 Å². The summed E-state index contributed by atoms with van der Waals surface area (Å²) >= 11 is 0. The third-order valence-electron chi connectivity index (χ3n) is 5.76. The summed E-state index contributed by atoms with van der Waals surface area (Å²) in [5.74, 6) is 0. The van der Waals surface area contributed by atoms with Gasteiger partial charge in [-0.25, -0.2) is 0 Å². The van der Waals surface area contributed by atoms with E-state index < -0.39 is 19.7 Å². The first kappa shape index (κ1) is 21.6. The minimum Gasteiger partial charge on any atom is -0.313 e. The molecule has 0 atom stereocenters. The highest BCUT2D eigenvalue weighted by Crippen LogP contribution is 2.67. The normalized spacial score (nSPS) is 12.1. The van der Waals surface area contributed by atoms with Crippen LogP contribution in [0.5, 0.6) is 0 Å². The van der Waals surface area contributed by atoms with Crippen molar-refractivity contribution in [3.8, 4) is 0 Å². The Morgan fingerprint density at radius 2 is 0.710 bits per heavy atom. The fraction of sp³-hybridized carbons (Fsp3) is 0.111. The molecule has 156 valence electrons. The topological polar surface area (TPSA) is 34.1 Å². The summed E-state index contributed by atoms with van der Waals surface area (Å²) in [6.45, 7) is 2.00. The van der Waals surface area contributed by atoms with Gasteiger partial charge in [0.2, 0.25) is 0 Å². The van der Waals surface area contributed by atoms with Gasteiger partial charge in [0.1, 0.15) is 0 Å². The first-order chi connectivity index (χ1) is 15.1. The quantitative estimate of drug-likeness (QED) is 0.340. The van der Waals surface area contributed by atoms with Crippen LogP contribution in [0.15, 0.2) is 121 Å². The second-order valence-corrected chi connectivity index (χ2v) is 13.9. The molecule has 4 heteroatoms. The van der Waals surface area contributed by atoms with E-state index in [2.05, 4.69) is 0 Å². The Bertz CT molecular complexity index is 1020. The summed E-state index contributed by atoms with van der Waals surface area (Å²) in [7, 11) is -6.50. The molecule has 0 saturated carbocycles. The Hall–Kier alpha value is -2.66. The lowest BCUT2D eigenvalue weighted by atomic mass is 10.4. The second-order valence-electron chi connectivity index (χ2n) is 7.55. The van der Waals surface area contributed by atoms with Crippen LogP contribution in [0.3, 0.4) is 0 Å². The predicted octanol–water partition coefficient (Wildman–Crippen LogP) is 5.75. The third kappa shape index (κ3) is 3.87. The van der Waals surface area contributed by atoms with Gasteiger partial charge in [0.25, 0.3) is 0 Å². The lowest BCUT2D eigenvalue weighted by Crippen LogP contribution is -2.32. The third-order valence-corrected chi connectivity index (χ3v) is 14.4. The molecule has 4 aromatic carbocycles. The van der Waals surface area contributed by atoms with Crippen LogP contribution in [0.4, 0.5) is 0 Å². The second kappa shape index (κ2) is 9.23. The van der Waals surface area contributed by atoms with E-state index in [1.54, 1.807) is 0 Å². The first-order valence-corrected chi connectivity index (χ1v) is 14.1. The van der Waals surface area contributed by atoms with Crippen molar-refractivity contribution < 1.29 is 9.13 Å². The fourth-order valence-corrected chi connectivity index (χ4v) is 13.2. The van der Waals surface area contributed by atoms with Crippen LogP contribution >= 0.6 is 14.3 Å². The molecule has 0 aliphatic rings. The van der Waals surface area contributed by atoms with E-state index in [-0.39, 0.29) is 0 Å². The van der Waals surface area contributed by atoms with Gasteiger partial charge < -0.3 is 9.13 Å². The van der Waals surface area contributed by atoms with Gasteiger partial charge in [0.15, 0.2) is 14.3 Å². The van der Waals surface area contributed by atoms with Gasteiger partial charge in [-0.3, -0.25) is 0 Å². The van der Waals surface area contributed by atoms with Crippen LogP contribution in [0.2, 0.25) is 0 Å². The Morgan fingerprint density at radius 1 is 0.484 bits per heavy atom. The summed E-state index contributed by atoms with van der Waals surface area (Å²) in [6, 6.07) is 38.3. The Kier molecular flexibility index (Phi) is 6.42. The van der Waals surface area contributed by atoms with Crippen LogP contribution in [0.25, 0.3) is 0 Å². The van der Waals surface area contributed by atoms with E-state index in [1.807, 2.05) is 128 Å². The fourth-order valence-electron chi connectivity index (χ4n) is 4.33. The van der Waals surface area contributed by atoms with E-state index in [9.17, 15) is 0 Å². The van der Waals surface area contributed by atoms with Gasteiger partial charge in [0.05, 0.1) is 5.40 Å². The maximum Gasteiger partial charge on any atom is 0.153 e. The molecular weight excluding hydrogens is 418 g/mol. The van der Waals surface area contributed by atoms with E-state index in [4.69, 9.17) is 0 Å². The van der Waals surface area contributed by atoms with Crippen molar-refractivity contribution in [2.45, 2.75) is 18.7 Å². The average Bonchev–Trinajstić information content (AvgIpc) is 2.86. The zero-order chi connectivity index (χ0) is 21.7. The van der Waals surface area contributed by atoms with Crippen molar-refractivity contribution in [3.05, 3.63) is 121 Å². The predicted molar refractivity (Wildman–Crippen MR) is 134 cm³/mol. The number of rotatable bonds is 7. The minimum absolute atomic E-state index is 0.530. The molecule has 0 radical (unpaired) electrons. The molecule has 0 unspecified atom stereocenters. The lowest BCUT2D eigenvalue weighted by molar-refractivity contribution is 0.571. The maximum absolute atomic E-state index is 15.2. The summed E-state index contributed by atoms with van der Waals surface area (Å²) < 4.78 is 30.3. The molecule has 0 aliphatic heterocycles. The van der Waals surface area contributed by atoms with Crippen molar-refractivity contribution >= 4 is 35.5 Å². The highest BCUT2D eigenvalue weighted by Gasteiger charge is 2.48. The molecule has 0 saturated heterocycles. The number of benzene rings is 4. The molecule has 0 aliphatic carbocycles. The van der Waals surface area contributed by atoms with Gasteiger partial charge in [-0.15, -0.1) is 0 Å². The number of hydrogen-bond donors (Lipinski definition) is 0. The van der Waals surface area contributed by atoms with Crippen LogP contribution in [-0.4, -0.2) is 5.40 Å². The summed E-state index contributed by atoms with van der Waals surface area (Å²) in [4.78, 5) is 0. The highest BCUT2D eigenvalue weighted by atomic mass is 31.2. The van der Waals surface area contributed by atoms with Crippen molar-refractivity contribution in [1.82, 2.24) is 0 Å². The van der Waals surface area contributed by atoms with Crippen molar-refractivity contribution in [2.75, 3.05) is 0 Å². The highest BCUT2D eigenvalue weighted by molar-refractivity contribution is 7.95. The van der Waals surface area contributed by atoms with Crippen molar-refractivity contribution in [2.24, 2.45) is 0 Å². The van der Waals surface area contributed by atoms with Crippen molar-refractivity contribution in [3.63, 3.8) is 0 Å². The van der Waals surface area contributed by atoms with Gasteiger partial charge >= 0.3 is 0 Å². The SMILES string of the molecule is CCC(P(=O)(c1ccccc1)c1ccccc1)P(=O)(c1ccccc1)c1ccccc1. The van der Waals surface area contributed by atoms with Gasteiger partial charge in [-0.1, -0.05) is 128 Å². The van der Waals surface area contributed by atoms with Crippen LogP contribution < -0.4 is 21.2 Å². The molecule has 0 aromatic heterocycles. The molecule has 0 spiro atoms. The van der Waals surface area contributed by atoms with E-state index >= 15 is 9.13 Å². The standard InChI is InChI=1S/C27H26O2P2/c1-2-27(30(28,23-15-7-3-8-16-23)24-17-9-4-10-18-24)31(29,25-19-11-5-12-20-25)26-21-13-6-14-22-26/h3-22,27H,2H2,1H3. The van der Waals surface area contributed by atoms with Crippen molar-refractivity contribution in [1.29, 1.82) is 0 Å². The summed E-state index contributed by atoms with van der Waals surface area (Å²) in [5.41, 5.74) is 0. The van der Waals surface area contributed by atoms with Crippen LogP contribution in [0, 0.1) is 0 Å². The molecule has 0 N–H and O–H groups in total. The molecule has 0 heterocycles. The molecule has 4 aromatic rings. The van der Waals surface area contributed by atoms with Gasteiger partial charge in [-0.05, 0) is 6.42 Å². The Balaban J connectivity index is 2.05. The Morgan fingerprint density at radius 3 is 0.903 bits per heavy atom. The molecular formula is C27H26O2P2. The Labute approximate surface area is 184 Å². The molecule has 0 amide bonds. The maximum atomic E-state index is 15.2. The van der Waals surface area contributed by atoms with E-state index in [1.165, 1.54) is 0 Å². The zero-order valence-corrected chi connectivity index (χ0v) is 19.3. The first-order valence-electron chi connectivity index (χ1n) is 10.5. The van der Waals surface area contributed by atoms with Gasteiger partial charge in [-0.2, -0.15) is 0 Å². The van der Waals surface area contributed by atoms with Crippen LogP contribution in [-0.2, 0) is 9.13 Å². The van der Waals surface area contributed by atoms with E-state index in [0.717, 1.165) is 21.2 Å². The smallest absolute Gasteiger partial charge is 0.153 e. The minimum atomic E-state index is -3.25.